The van der Waals surface area contributed by atoms with Crippen molar-refractivity contribution in [2.45, 2.75) is 19.6 Å². The third kappa shape index (κ3) is 2.08. The highest BCUT2D eigenvalue weighted by Gasteiger charge is 2.14. The van der Waals surface area contributed by atoms with Crippen LogP contribution in [0.5, 0.6) is 0 Å². The van der Waals surface area contributed by atoms with Crippen LogP contribution in [0.25, 0.3) is 0 Å². The Labute approximate surface area is 78.9 Å². The third-order valence-electron chi connectivity index (χ3n) is 2.28. The van der Waals surface area contributed by atoms with E-state index in [1.165, 1.54) is 11.1 Å². The Morgan fingerprint density at radius 3 is 3.08 bits per heavy atom. The fourth-order valence-corrected chi connectivity index (χ4v) is 1.61. The molecule has 2 rings (SSSR count). The van der Waals surface area contributed by atoms with Crippen LogP contribution in [0.2, 0.25) is 0 Å². The van der Waals surface area contributed by atoms with Crippen LogP contribution in [0.1, 0.15) is 23.8 Å². The van der Waals surface area contributed by atoms with E-state index < -0.39 is 0 Å². The fraction of sp³-hybridized carbons (Fsp3) is 0.455. The summed E-state index contributed by atoms with van der Waals surface area (Å²) in [6.45, 7) is 4.02. The average Bonchev–Trinajstić information content (AvgIpc) is 2.19. The number of hydrogen-bond donors (Lipinski definition) is 1. The summed E-state index contributed by atoms with van der Waals surface area (Å²) in [7, 11) is 0. The maximum atomic E-state index is 5.61. The molecule has 1 atom stereocenters. The molecule has 0 bridgehead atoms. The highest BCUT2D eigenvalue weighted by molar-refractivity contribution is 5.24. The molecule has 0 aliphatic carbocycles. The lowest BCUT2D eigenvalue weighted by molar-refractivity contribution is -0.000342. The Hall–Kier alpha value is -0.860. The maximum Gasteiger partial charge on any atom is 0.134 e. The molecule has 1 heterocycles. The molecule has 1 unspecified atom stereocenters. The molecule has 0 spiro atoms. The molecule has 0 amide bonds. The monoisotopic (exact) mass is 177 g/mol. The molecule has 1 aromatic carbocycles. The van der Waals surface area contributed by atoms with Gasteiger partial charge in [-0.25, -0.2) is 0 Å². The molecular formula is C11H15NO. The van der Waals surface area contributed by atoms with Crippen molar-refractivity contribution in [1.29, 1.82) is 0 Å². The SMILES string of the molecule is Cc1cccc(C2NCCCO2)c1. The largest absolute Gasteiger partial charge is 0.359 e. The molecule has 70 valence electrons. The number of benzene rings is 1. The van der Waals surface area contributed by atoms with Gasteiger partial charge in [-0.2, -0.15) is 0 Å². The topological polar surface area (TPSA) is 21.3 Å². The smallest absolute Gasteiger partial charge is 0.134 e. The van der Waals surface area contributed by atoms with Gasteiger partial charge in [0.1, 0.15) is 6.23 Å². The molecule has 1 aliphatic heterocycles. The first kappa shape index (κ1) is 8.73. The minimum absolute atomic E-state index is 0.105. The van der Waals surface area contributed by atoms with Crippen molar-refractivity contribution < 1.29 is 4.74 Å². The number of ether oxygens (including phenoxy) is 1. The molecular weight excluding hydrogens is 162 g/mol. The van der Waals surface area contributed by atoms with E-state index in [1.54, 1.807) is 0 Å². The van der Waals surface area contributed by atoms with Crippen molar-refractivity contribution >= 4 is 0 Å². The van der Waals surface area contributed by atoms with E-state index in [0.717, 1.165) is 19.6 Å². The van der Waals surface area contributed by atoms with Gasteiger partial charge in [0, 0.05) is 6.54 Å². The van der Waals surface area contributed by atoms with Gasteiger partial charge in [0.05, 0.1) is 6.61 Å². The zero-order chi connectivity index (χ0) is 9.10. The van der Waals surface area contributed by atoms with Gasteiger partial charge in [0.2, 0.25) is 0 Å². The quantitative estimate of drug-likeness (QED) is 0.708. The van der Waals surface area contributed by atoms with Crippen molar-refractivity contribution in [3.8, 4) is 0 Å². The van der Waals surface area contributed by atoms with Gasteiger partial charge >= 0.3 is 0 Å². The van der Waals surface area contributed by atoms with Crippen molar-refractivity contribution in [1.82, 2.24) is 5.32 Å². The average molecular weight is 177 g/mol. The Morgan fingerprint density at radius 1 is 1.46 bits per heavy atom. The fourth-order valence-electron chi connectivity index (χ4n) is 1.61. The molecule has 1 saturated heterocycles. The van der Waals surface area contributed by atoms with Gasteiger partial charge < -0.3 is 4.74 Å². The third-order valence-corrected chi connectivity index (χ3v) is 2.28. The number of nitrogens with one attached hydrogen (secondary N) is 1. The van der Waals surface area contributed by atoms with Crippen LogP contribution in [0.4, 0.5) is 0 Å². The summed E-state index contributed by atoms with van der Waals surface area (Å²) in [5.41, 5.74) is 2.52. The first-order chi connectivity index (χ1) is 6.36. The normalized spacial score (nSPS) is 23.0. The van der Waals surface area contributed by atoms with E-state index in [9.17, 15) is 0 Å². The van der Waals surface area contributed by atoms with E-state index in [-0.39, 0.29) is 6.23 Å². The molecule has 1 N–H and O–H groups in total. The summed E-state index contributed by atoms with van der Waals surface area (Å²) in [5.74, 6) is 0. The predicted molar refractivity (Wildman–Crippen MR) is 52.5 cm³/mol. The summed E-state index contributed by atoms with van der Waals surface area (Å²) in [6.07, 6.45) is 1.22. The lowest BCUT2D eigenvalue weighted by atomic mass is 10.1. The number of rotatable bonds is 1. The van der Waals surface area contributed by atoms with Gasteiger partial charge in [-0.15, -0.1) is 0 Å². The van der Waals surface area contributed by atoms with E-state index in [1.807, 2.05) is 0 Å². The molecule has 0 radical (unpaired) electrons. The second-order valence-corrected chi connectivity index (χ2v) is 3.47. The molecule has 0 saturated carbocycles. The number of hydrogen-bond acceptors (Lipinski definition) is 2. The van der Waals surface area contributed by atoms with Crippen molar-refractivity contribution in [3.63, 3.8) is 0 Å². The molecule has 2 nitrogen and oxygen atoms in total. The van der Waals surface area contributed by atoms with Crippen LogP contribution in [-0.2, 0) is 4.74 Å². The van der Waals surface area contributed by atoms with Crippen LogP contribution in [-0.4, -0.2) is 13.2 Å². The van der Waals surface area contributed by atoms with Crippen LogP contribution >= 0.6 is 0 Å². The Kier molecular flexibility index (Phi) is 2.62. The molecule has 1 fully saturated rings. The zero-order valence-corrected chi connectivity index (χ0v) is 7.92. The van der Waals surface area contributed by atoms with E-state index in [4.69, 9.17) is 4.74 Å². The summed E-state index contributed by atoms with van der Waals surface area (Å²) < 4.78 is 5.61. The summed E-state index contributed by atoms with van der Waals surface area (Å²) >= 11 is 0. The molecule has 1 aromatic rings. The molecule has 0 aromatic heterocycles. The van der Waals surface area contributed by atoms with Crippen LogP contribution < -0.4 is 5.32 Å². The Morgan fingerprint density at radius 2 is 2.38 bits per heavy atom. The minimum atomic E-state index is 0.105. The second-order valence-electron chi connectivity index (χ2n) is 3.47. The van der Waals surface area contributed by atoms with Crippen molar-refractivity contribution in [2.75, 3.05) is 13.2 Å². The van der Waals surface area contributed by atoms with Gasteiger partial charge in [0.25, 0.3) is 0 Å². The van der Waals surface area contributed by atoms with Crippen LogP contribution in [0.3, 0.4) is 0 Å². The summed E-state index contributed by atoms with van der Waals surface area (Å²) in [5, 5.41) is 3.34. The lowest BCUT2D eigenvalue weighted by Gasteiger charge is -2.24. The molecule has 1 aliphatic rings. The highest BCUT2D eigenvalue weighted by atomic mass is 16.5. The van der Waals surface area contributed by atoms with Gasteiger partial charge in [0.15, 0.2) is 0 Å². The predicted octanol–water partition coefficient (Wildman–Crippen LogP) is 2.00. The first-order valence-corrected chi connectivity index (χ1v) is 4.78. The standard InChI is InChI=1S/C11H15NO/c1-9-4-2-5-10(8-9)11-12-6-3-7-13-11/h2,4-5,8,11-12H,3,6-7H2,1H3. The van der Waals surface area contributed by atoms with Gasteiger partial charge in [-0.05, 0) is 18.9 Å². The molecule has 2 heteroatoms. The number of aryl methyl sites for hydroxylation is 1. The van der Waals surface area contributed by atoms with Crippen LogP contribution in [0, 0.1) is 6.92 Å². The lowest BCUT2D eigenvalue weighted by Crippen LogP contribution is -2.31. The highest BCUT2D eigenvalue weighted by Crippen LogP contribution is 2.18. The first-order valence-electron chi connectivity index (χ1n) is 4.78. The van der Waals surface area contributed by atoms with Gasteiger partial charge in [-0.3, -0.25) is 5.32 Å². The summed E-state index contributed by atoms with van der Waals surface area (Å²) in [4.78, 5) is 0. The van der Waals surface area contributed by atoms with E-state index in [0.29, 0.717) is 0 Å². The Bertz CT molecular complexity index is 279. The van der Waals surface area contributed by atoms with Crippen molar-refractivity contribution in [3.05, 3.63) is 35.4 Å². The van der Waals surface area contributed by atoms with Gasteiger partial charge in [-0.1, -0.05) is 29.8 Å². The zero-order valence-electron chi connectivity index (χ0n) is 7.92. The van der Waals surface area contributed by atoms with E-state index >= 15 is 0 Å². The summed E-state index contributed by atoms with van der Waals surface area (Å²) in [6, 6.07) is 8.45. The maximum absolute atomic E-state index is 5.61. The second kappa shape index (κ2) is 3.90. The minimum Gasteiger partial charge on any atom is -0.359 e. The van der Waals surface area contributed by atoms with E-state index in [2.05, 4.69) is 36.5 Å². The van der Waals surface area contributed by atoms with Crippen LogP contribution in [0.15, 0.2) is 24.3 Å². The Balaban J connectivity index is 2.14. The van der Waals surface area contributed by atoms with Crippen molar-refractivity contribution in [2.24, 2.45) is 0 Å². The molecule has 13 heavy (non-hydrogen) atoms.